The number of nitrogens with zero attached hydrogens (tertiary/aromatic N) is 1. The van der Waals surface area contributed by atoms with Gasteiger partial charge in [0.25, 0.3) is 0 Å². The molecular weight excluding hydrogens is 154 g/mol. The number of hydrogen-bond donors (Lipinski definition) is 1. The van der Waals surface area contributed by atoms with Crippen LogP contribution in [-0.2, 0) is 4.84 Å². The molecule has 0 bridgehead atoms. The predicted octanol–water partition coefficient (Wildman–Crippen LogP) is 0.956. The first kappa shape index (κ1) is 7.82. The summed E-state index contributed by atoms with van der Waals surface area (Å²) in [6, 6.07) is 0. The van der Waals surface area contributed by atoms with Crippen LogP contribution in [0.5, 0.6) is 0 Å². The van der Waals surface area contributed by atoms with Crippen LogP contribution in [0.2, 0.25) is 0 Å². The fourth-order valence-electron chi connectivity index (χ4n) is 1.00. The van der Waals surface area contributed by atoms with Crippen molar-refractivity contribution in [1.82, 2.24) is 0 Å². The van der Waals surface area contributed by atoms with Crippen LogP contribution in [0.25, 0.3) is 0 Å². The van der Waals surface area contributed by atoms with Gasteiger partial charge in [-0.15, -0.1) is 0 Å². The molecule has 0 radical (unpaired) electrons. The maximum Gasteiger partial charge on any atom is 0.159 e. The Balaban J connectivity index is 2.54. The predicted molar refractivity (Wildman–Crippen MR) is 39.0 cm³/mol. The smallest absolute Gasteiger partial charge is 0.159 e. The minimum Gasteiger partial charge on any atom is -0.392 e. The molecule has 1 rings (SSSR count). The Labute approximate surface area is 64.6 Å². The van der Waals surface area contributed by atoms with Gasteiger partial charge < -0.3 is 9.94 Å². The van der Waals surface area contributed by atoms with E-state index in [2.05, 4.69) is 5.16 Å². The average Bonchev–Trinajstić information content (AvgIpc) is 2.30. The SMILES string of the molecule is CCC1C(Cl)=NOC1CO. The minimum atomic E-state index is -0.225. The van der Waals surface area contributed by atoms with Crippen molar-refractivity contribution >= 4 is 16.8 Å². The number of halogens is 1. The van der Waals surface area contributed by atoms with E-state index in [0.717, 1.165) is 6.42 Å². The van der Waals surface area contributed by atoms with Gasteiger partial charge in [0.15, 0.2) is 11.3 Å². The van der Waals surface area contributed by atoms with Crippen LogP contribution < -0.4 is 0 Å². The van der Waals surface area contributed by atoms with E-state index in [-0.39, 0.29) is 18.6 Å². The summed E-state index contributed by atoms with van der Waals surface area (Å²) in [6.45, 7) is 1.97. The fourth-order valence-corrected chi connectivity index (χ4v) is 1.34. The lowest BCUT2D eigenvalue weighted by Crippen LogP contribution is -2.23. The van der Waals surface area contributed by atoms with Gasteiger partial charge in [-0.1, -0.05) is 23.7 Å². The number of hydrogen-bond acceptors (Lipinski definition) is 3. The van der Waals surface area contributed by atoms with Crippen molar-refractivity contribution in [3.8, 4) is 0 Å². The van der Waals surface area contributed by atoms with Crippen molar-refractivity contribution in [2.45, 2.75) is 19.4 Å². The Hall–Kier alpha value is -0.280. The van der Waals surface area contributed by atoms with E-state index < -0.39 is 0 Å². The van der Waals surface area contributed by atoms with Gasteiger partial charge >= 0.3 is 0 Å². The molecule has 1 aliphatic rings. The summed E-state index contributed by atoms with van der Waals surface area (Å²) in [5, 5.41) is 12.8. The molecule has 0 aromatic heterocycles. The molecule has 0 saturated heterocycles. The molecule has 0 aliphatic carbocycles. The van der Waals surface area contributed by atoms with Crippen molar-refractivity contribution in [3.63, 3.8) is 0 Å². The van der Waals surface area contributed by atoms with Crippen molar-refractivity contribution in [1.29, 1.82) is 0 Å². The molecule has 0 saturated carbocycles. The molecule has 0 amide bonds. The lowest BCUT2D eigenvalue weighted by Gasteiger charge is -2.11. The second kappa shape index (κ2) is 3.21. The number of aliphatic hydroxyl groups is 1. The van der Waals surface area contributed by atoms with Crippen LogP contribution in [0.3, 0.4) is 0 Å². The summed E-state index contributed by atoms with van der Waals surface area (Å²) in [4.78, 5) is 4.82. The van der Waals surface area contributed by atoms with Crippen LogP contribution in [-0.4, -0.2) is 23.0 Å². The Morgan fingerprint density at radius 1 is 1.80 bits per heavy atom. The highest BCUT2D eigenvalue weighted by molar-refractivity contribution is 6.66. The van der Waals surface area contributed by atoms with Gasteiger partial charge in [-0.25, -0.2) is 0 Å². The summed E-state index contributed by atoms with van der Waals surface area (Å²) in [5.41, 5.74) is 0. The largest absolute Gasteiger partial charge is 0.392 e. The van der Waals surface area contributed by atoms with Crippen LogP contribution in [0.4, 0.5) is 0 Å². The third kappa shape index (κ3) is 1.25. The van der Waals surface area contributed by atoms with E-state index >= 15 is 0 Å². The summed E-state index contributed by atoms with van der Waals surface area (Å²) in [5.74, 6) is 0.0895. The summed E-state index contributed by atoms with van der Waals surface area (Å²) in [6.07, 6.45) is 0.630. The highest BCUT2D eigenvalue weighted by Gasteiger charge is 2.30. The highest BCUT2D eigenvalue weighted by atomic mass is 35.5. The van der Waals surface area contributed by atoms with Gasteiger partial charge in [0.1, 0.15) is 0 Å². The topological polar surface area (TPSA) is 41.8 Å². The number of oxime groups is 1. The van der Waals surface area contributed by atoms with E-state index in [1.807, 2.05) is 6.92 Å². The minimum absolute atomic E-state index is 0.0156. The molecule has 0 aromatic rings. The monoisotopic (exact) mass is 163 g/mol. The molecule has 2 atom stereocenters. The lowest BCUT2D eigenvalue weighted by atomic mass is 10.0. The first-order valence-electron chi connectivity index (χ1n) is 3.29. The molecule has 1 heterocycles. The van der Waals surface area contributed by atoms with Gasteiger partial charge in [0, 0.05) is 0 Å². The first-order chi connectivity index (χ1) is 4.79. The zero-order valence-corrected chi connectivity index (χ0v) is 6.51. The fraction of sp³-hybridized carbons (Fsp3) is 0.833. The molecule has 0 fully saturated rings. The molecule has 2 unspecified atom stereocenters. The van der Waals surface area contributed by atoms with Crippen molar-refractivity contribution in [2.24, 2.45) is 11.1 Å². The molecule has 4 heteroatoms. The Morgan fingerprint density at radius 3 is 2.90 bits per heavy atom. The maximum atomic E-state index is 8.73. The normalized spacial score (nSPS) is 31.7. The maximum absolute atomic E-state index is 8.73. The zero-order valence-electron chi connectivity index (χ0n) is 5.75. The number of rotatable bonds is 2. The molecule has 3 nitrogen and oxygen atoms in total. The van der Waals surface area contributed by atoms with Gasteiger partial charge in [-0.05, 0) is 6.42 Å². The molecule has 1 N–H and O–H groups in total. The van der Waals surface area contributed by atoms with Crippen molar-refractivity contribution in [3.05, 3.63) is 0 Å². The van der Waals surface area contributed by atoms with E-state index in [1.54, 1.807) is 0 Å². The Kier molecular flexibility index (Phi) is 2.51. The van der Waals surface area contributed by atoms with E-state index in [1.165, 1.54) is 0 Å². The van der Waals surface area contributed by atoms with E-state index in [0.29, 0.717) is 5.17 Å². The summed E-state index contributed by atoms with van der Waals surface area (Å²) >= 11 is 5.67. The molecule has 10 heavy (non-hydrogen) atoms. The van der Waals surface area contributed by atoms with Crippen LogP contribution in [0, 0.1) is 5.92 Å². The summed E-state index contributed by atoms with van der Waals surface area (Å²) in [7, 11) is 0. The van der Waals surface area contributed by atoms with Crippen LogP contribution in [0.1, 0.15) is 13.3 Å². The van der Waals surface area contributed by atoms with Crippen molar-refractivity contribution in [2.75, 3.05) is 6.61 Å². The zero-order chi connectivity index (χ0) is 7.56. The quantitative estimate of drug-likeness (QED) is 0.659. The van der Waals surface area contributed by atoms with Gasteiger partial charge in [-0.3, -0.25) is 0 Å². The molecule has 58 valence electrons. The molecular formula is C6H10ClNO2. The van der Waals surface area contributed by atoms with Gasteiger partial charge in [-0.2, -0.15) is 0 Å². The molecule has 0 aromatic carbocycles. The van der Waals surface area contributed by atoms with E-state index in [9.17, 15) is 0 Å². The van der Waals surface area contributed by atoms with Crippen LogP contribution >= 0.6 is 11.6 Å². The van der Waals surface area contributed by atoms with Crippen LogP contribution in [0.15, 0.2) is 5.16 Å². The third-order valence-electron chi connectivity index (χ3n) is 1.65. The third-order valence-corrected chi connectivity index (χ3v) is 2.00. The Morgan fingerprint density at radius 2 is 2.50 bits per heavy atom. The van der Waals surface area contributed by atoms with Crippen molar-refractivity contribution < 1.29 is 9.94 Å². The second-order valence-electron chi connectivity index (χ2n) is 2.26. The summed E-state index contributed by atoms with van der Waals surface area (Å²) < 4.78 is 0. The average molecular weight is 164 g/mol. The van der Waals surface area contributed by atoms with E-state index in [4.69, 9.17) is 21.5 Å². The molecule has 1 aliphatic heterocycles. The molecule has 0 spiro atoms. The first-order valence-corrected chi connectivity index (χ1v) is 3.67. The standard InChI is InChI=1S/C6H10ClNO2/c1-2-4-5(3-9)10-8-6(4)7/h4-5,9H,2-3H2,1H3. The van der Waals surface area contributed by atoms with Gasteiger partial charge in [0.2, 0.25) is 0 Å². The highest BCUT2D eigenvalue weighted by Crippen LogP contribution is 2.22. The number of aliphatic hydroxyl groups excluding tert-OH is 1. The van der Waals surface area contributed by atoms with Gasteiger partial charge in [0.05, 0.1) is 12.5 Å². The second-order valence-corrected chi connectivity index (χ2v) is 2.64. The Bertz CT molecular complexity index is 149. The lowest BCUT2D eigenvalue weighted by molar-refractivity contribution is 0.0172.